The van der Waals surface area contributed by atoms with Gasteiger partial charge in [-0.25, -0.2) is 13.8 Å². The summed E-state index contributed by atoms with van der Waals surface area (Å²) >= 11 is 2.99. The Kier molecular flexibility index (Phi) is 2.91. The maximum atomic E-state index is 13.4. The van der Waals surface area contributed by atoms with Crippen LogP contribution in [0.25, 0.3) is 0 Å². The normalized spacial score (nSPS) is 10.5. The Morgan fingerprint density at radius 2 is 2.06 bits per heavy atom. The fourth-order valence-electron chi connectivity index (χ4n) is 1.22. The van der Waals surface area contributed by atoms with Gasteiger partial charge < -0.3 is 9.88 Å². The highest BCUT2D eigenvalue weighted by Crippen LogP contribution is 2.25. The molecule has 0 fully saturated rings. The lowest BCUT2D eigenvalue weighted by Gasteiger charge is -2.07. The zero-order chi connectivity index (χ0) is 11.7. The Morgan fingerprint density at radius 3 is 2.69 bits per heavy atom. The van der Waals surface area contributed by atoms with E-state index in [0.29, 0.717) is 5.95 Å². The number of nitrogens with zero attached hydrogens (tertiary/aromatic N) is 2. The van der Waals surface area contributed by atoms with E-state index in [2.05, 4.69) is 26.2 Å². The third-order valence-corrected chi connectivity index (χ3v) is 2.69. The van der Waals surface area contributed by atoms with Crippen LogP contribution in [-0.2, 0) is 7.05 Å². The van der Waals surface area contributed by atoms with Crippen molar-refractivity contribution in [2.75, 3.05) is 5.32 Å². The molecule has 0 saturated heterocycles. The molecule has 84 valence electrons. The summed E-state index contributed by atoms with van der Waals surface area (Å²) in [6.07, 6.45) is 3.30. The van der Waals surface area contributed by atoms with Crippen LogP contribution < -0.4 is 5.32 Å². The Hall–Kier alpha value is -1.43. The van der Waals surface area contributed by atoms with Crippen LogP contribution in [0.2, 0.25) is 0 Å². The van der Waals surface area contributed by atoms with Gasteiger partial charge in [0, 0.05) is 25.5 Å². The van der Waals surface area contributed by atoms with Gasteiger partial charge in [0.15, 0.2) is 0 Å². The second-order valence-electron chi connectivity index (χ2n) is 3.23. The highest BCUT2D eigenvalue weighted by molar-refractivity contribution is 9.10. The van der Waals surface area contributed by atoms with Gasteiger partial charge in [-0.1, -0.05) is 0 Å². The van der Waals surface area contributed by atoms with E-state index < -0.39 is 11.6 Å². The molecule has 0 unspecified atom stereocenters. The second-order valence-corrected chi connectivity index (χ2v) is 4.09. The average molecular weight is 288 g/mol. The molecule has 2 rings (SSSR count). The Balaban J connectivity index is 2.35. The molecule has 3 nitrogen and oxygen atoms in total. The number of benzene rings is 1. The van der Waals surface area contributed by atoms with Crippen LogP contribution in [0.15, 0.2) is 29.0 Å². The number of imidazole rings is 1. The van der Waals surface area contributed by atoms with Crippen LogP contribution >= 0.6 is 15.9 Å². The zero-order valence-electron chi connectivity index (χ0n) is 8.34. The quantitative estimate of drug-likeness (QED) is 0.860. The van der Waals surface area contributed by atoms with Crippen LogP contribution in [0.5, 0.6) is 0 Å². The molecule has 0 saturated carbocycles. The minimum Gasteiger partial charge on any atom is -0.323 e. The lowest BCUT2D eigenvalue weighted by molar-refractivity contribution is 0.581. The van der Waals surface area contributed by atoms with Crippen molar-refractivity contribution in [3.8, 4) is 0 Å². The molecule has 1 heterocycles. The zero-order valence-corrected chi connectivity index (χ0v) is 9.92. The van der Waals surface area contributed by atoms with E-state index in [1.54, 1.807) is 24.0 Å². The van der Waals surface area contributed by atoms with E-state index >= 15 is 0 Å². The van der Waals surface area contributed by atoms with Crippen molar-refractivity contribution in [3.05, 3.63) is 40.6 Å². The lowest BCUT2D eigenvalue weighted by Crippen LogP contribution is -2.01. The molecule has 0 spiro atoms. The maximum absolute atomic E-state index is 13.4. The first kappa shape index (κ1) is 11.1. The number of halogens is 3. The highest BCUT2D eigenvalue weighted by atomic mass is 79.9. The van der Waals surface area contributed by atoms with E-state index in [-0.39, 0.29) is 10.2 Å². The first-order chi connectivity index (χ1) is 7.58. The van der Waals surface area contributed by atoms with Gasteiger partial charge >= 0.3 is 0 Å². The van der Waals surface area contributed by atoms with Crippen molar-refractivity contribution in [1.29, 1.82) is 0 Å². The van der Waals surface area contributed by atoms with Gasteiger partial charge in [-0.3, -0.25) is 0 Å². The number of nitrogens with one attached hydrogen (secondary N) is 1. The third-order valence-electron chi connectivity index (χ3n) is 2.08. The molecule has 1 aromatic carbocycles. The summed E-state index contributed by atoms with van der Waals surface area (Å²) < 4.78 is 28.3. The van der Waals surface area contributed by atoms with E-state index in [1.165, 1.54) is 6.07 Å². The predicted octanol–water partition coefficient (Wildman–Crippen LogP) is 3.20. The summed E-state index contributed by atoms with van der Waals surface area (Å²) in [6, 6.07) is 2.15. The van der Waals surface area contributed by atoms with E-state index in [0.717, 1.165) is 6.07 Å². The molecule has 0 bridgehead atoms. The molecular weight excluding hydrogens is 280 g/mol. The molecule has 16 heavy (non-hydrogen) atoms. The minimum atomic E-state index is -0.663. The number of aromatic nitrogens is 2. The Morgan fingerprint density at radius 1 is 1.31 bits per heavy atom. The molecule has 1 N–H and O–H groups in total. The third kappa shape index (κ3) is 2.06. The van der Waals surface area contributed by atoms with Crippen molar-refractivity contribution in [2.24, 2.45) is 7.05 Å². The number of anilines is 2. The second kappa shape index (κ2) is 4.21. The van der Waals surface area contributed by atoms with Gasteiger partial charge in [0.25, 0.3) is 0 Å². The van der Waals surface area contributed by atoms with E-state index in [1.807, 2.05) is 0 Å². The van der Waals surface area contributed by atoms with E-state index in [9.17, 15) is 8.78 Å². The monoisotopic (exact) mass is 287 g/mol. The van der Waals surface area contributed by atoms with Crippen molar-refractivity contribution in [3.63, 3.8) is 0 Å². The summed E-state index contributed by atoms with van der Waals surface area (Å²) in [5, 5.41) is 2.77. The average Bonchev–Trinajstić information content (AvgIpc) is 2.61. The first-order valence-corrected chi connectivity index (χ1v) is 5.26. The highest BCUT2D eigenvalue weighted by Gasteiger charge is 2.09. The molecule has 1 aromatic heterocycles. The molecule has 2 aromatic rings. The topological polar surface area (TPSA) is 29.9 Å². The molecule has 0 amide bonds. The van der Waals surface area contributed by atoms with Crippen molar-refractivity contribution in [2.45, 2.75) is 0 Å². The van der Waals surface area contributed by atoms with Gasteiger partial charge in [-0.2, -0.15) is 0 Å². The molecule has 0 aliphatic heterocycles. The van der Waals surface area contributed by atoms with Crippen LogP contribution in [0, 0.1) is 11.6 Å². The maximum Gasteiger partial charge on any atom is 0.207 e. The molecule has 0 atom stereocenters. The summed E-state index contributed by atoms with van der Waals surface area (Å²) in [6.45, 7) is 0. The van der Waals surface area contributed by atoms with Crippen molar-refractivity contribution < 1.29 is 8.78 Å². The fourth-order valence-corrected chi connectivity index (χ4v) is 1.57. The lowest BCUT2D eigenvalue weighted by atomic mass is 10.3. The Bertz CT molecular complexity index is 525. The van der Waals surface area contributed by atoms with Crippen LogP contribution in [-0.4, -0.2) is 9.55 Å². The smallest absolute Gasteiger partial charge is 0.207 e. The van der Waals surface area contributed by atoms with Crippen molar-refractivity contribution >= 4 is 27.6 Å². The minimum absolute atomic E-state index is 0.169. The largest absolute Gasteiger partial charge is 0.323 e. The molecule has 0 radical (unpaired) electrons. The molecule has 6 heteroatoms. The number of hydrogen-bond donors (Lipinski definition) is 1. The van der Waals surface area contributed by atoms with Crippen molar-refractivity contribution in [1.82, 2.24) is 9.55 Å². The molecule has 0 aliphatic carbocycles. The molecular formula is C10H8BrF2N3. The number of rotatable bonds is 2. The fraction of sp³-hybridized carbons (Fsp3) is 0.100. The van der Waals surface area contributed by atoms with Gasteiger partial charge in [-0.05, 0) is 22.0 Å². The molecule has 0 aliphatic rings. The van der Waals surface area contributed by atoms with Crippen LogP contribution in [0.3, 0.4) is 0 Å². The van der Waals surface area contributed by atoms with Gasteiger partial charge in [0.05, 0.1) is 10.2 Å². The predicted molar refractivity (Wildman–Crippen MR) is 60.5 cm³/mol. The summed E-state index contributed by atoms with van der Waals surface area (Å²) in [5.41, 5.74) is 0.169. The summed E-state index contributed by atoms with van der Waals surface area (Å²) in [5.74, 6) is -0.816. The van der Waals surface area contributed by atoms with Gasteiger partial charge in [-0.15, -0.1) is 0 Å². The van der Waals surface area contributed by atoms with Crippen LogP contribution in [0.4, 0.5) is 20.4 Å². The number of hydrogen-bond acceptors (Lipinski definition) is 2. The SMILES string of the molecule is Cn1ccnc1Nc1cc(Br)c(F)cc1F. The Labute approximate surface area is 99.2 Å². The summed E-state index contributed by atoms with van der Waals surface area (Å²) in [7, 11) is 1.77. The standard InChI is InChI=1S/C10H8BrF2N3/c1-16-3-2-14-10(16)15-9-4-6(11)7(12)5-8(9)13/h2-5H,1H3,(H,14,15). The first-order valence-electron chi connectivity index (χ1n) is 4.47. The van der Waals surface area contributed by atoms with Crippen LogP contribution in [0.1, 0.15) is 0 Å². The van der Waals surface area contributed by atoms with E-state index in [4.69, 9.17) is 0 Å². The number of aryl methyl sites for hydroxylation is 1. The van der Waals surface area contributed by atoms with Gasteiger partial charge in [0.2, 0.25) is 5.95 Å². The van der Waals surface area contributed by atoms with Gasteiger partial charge in [0.1, 0.15) is 11.6 Å². The summed E-state index contributed by atoms with van der Waals surface area (Å²) in [4.78, 5) is 3.98.